The Morgan fingerprint density at radius 3 is 2.16 bits per heavy atom. The van der Waals surface area contributed by atoms with Crippen molar-refractivity contribution in [2.24, 2.45) is 5.73 Å². The molecular weight excluding hydrogens is 314 g/mol. The van der Waals surface area contributed by atoms with Crippen LogP contribution in [-0.4, -0.2) is 16.8 Å². The fourth-order valence-electron chi connectivity index (χ4n) is 2.42. The SMILES string of the molecule is NC(=O)c1ccc(C(=O)NCc2ccc(-c3cccnc3)cc2)cc1. The molecule has 124 valence electrons. The van der Waals surface area contributed by atoms with Gasteiger partial charge in [0.25, 0.3) is 5.91 Å². The zero-order valence-corrected chi connectivity index (χ0v) is 13.5. The minimum atomic E-state index is -0.513. The predicted molar refractivity (Wildman–Crippen MR) is 95.8 cm³/mol. The zero-order chi connectivity index (χ0) is 17.6. The van der Waals surface area contributed by atoms with Gasteiger partial charge in [-0.25, -0.2) is 0 Å². The molecule has 1 heterocycles. The summed E-state index contributed by atoms with van der Waals surface area (Å²) in [4.78, 5) is 27.3. The molecule has 3 aromatic rings. The van der Waals surface area contributed by atoms with E-state index in [0.717, 1.165) is 16.7 Å². The Morgan fingerprint density at radius 2 is 1.56 bits per heavy atom. The first-order valence-electron chi connectivity index (χ1n) is 7.81. The van der Waals surface area contributed by atoms with Gasteiger partial charge in [0.2, 0.25) is 5.91 Å². The Balaban J connectivity index is 1.61. The standard InChI is InChI=1S/C20H17N3O2/c21-19(24)16-7-9-17(10-8-16)20(25)23-12-14-3-5-15(6-4-14)18-2-1-11-22-13-18/h1-11,13H,12H2,(H2,21,24)(H,23,25). The molecule has 1 aromatic heterocycles. The van der Waals surface area contributed by atoms with Crippen molar-refractivity contribution in [3.05, 3.63) is 89.7 Å². The summed E-state index contributed by atoms with van der Waals surface area (Å²) in [5.74, 6) is -0.715. The molecule has 5 heteroatoms. The van der Waals surface area contributed by atoms with Crippen molar-refractivity contribution in [3.8, 4) is 11.1 Å². The lowest BCUT2D eigenvalue weighted by atomic mass is 10.1. The predicted octanol–water partition coefficient (Wildman–Crippen LogP) is 2.78. The summed E-state index contributed by atoms with van der Waals surface area (Å²) in [6, 6.07) is 18.1. The van der Waals surface area contributed by atoms with Gasteiger partial charge in [-0.2, -0.15) is 0 Å². The van der Waals surface area contributed by atoms with E-state index < -0.39 is 5.91 Å². The summed E-state index contributed by atoms with van der Waals surface area (Å²) in [7, 11) is 0. The molecule has 25 heavy (non-hydrogen) atoms. The highest BCUT2D eigenvalue weighted by Gasteiger charge is 2.07. The first-order valence-corrected chi connectivity index (χ1v) is 7.81. The molecule has 0 unspecified atom stereocenters. The van der Waals surface area contributed by atoms with E-state index in [1.54, 1.807) is 30.5 Å². The molecule has 0 aliphatic rings. The first kappa shape index (κ1) is 16.4. The van der Waals surface area contributed by atoms with Crippen molar-refractivity contribution in [1.82, 2.24) is 10.3 Å². The van der Waals surface area contributed by atoms with Crippen molar-refractivity contribution >= 4 is 11.8 Å². The fourth-order valence-corrected chi connectivity index (χ4v) is 2.42. The maximum absolute atomic E-state index is 12.2. The van der Waals surface area contributed by atoms with Gasteiger partial charge in [-0.3, -0.25) is 14.6 Å². The van der Waals surface area contributed by atoms with Crippen molar-refractivity contribution in [2.75, 3.05) is 0 Å². The molecule has 5 nitrogen and oxygen atoms in total. The molecule has 0 aliphatic carbocycles. The summed E-state index contributed by atoms with van der Waals surface area (Å²) >= 11 is 0. The maximum atomic E-state index is 12.2. The van der Waals surface area contributed by atoms with Crippen LogP contribution in [0, 0.1) is 0 Å². The molecule has 0 fully saturated rings. The Labute approximate surface area is 145 Å². The third kappa shape index (κ3) is 4.09. The van der Waals surface area contributed by atoms with Crippen LogP contribution in [0.5, 0.6) is 0 Å². The molecule has 3 N–H and O–H groups in total. The second kappa shape index (κ2) is 7.40. The van der Waals surface area contributed by atoms with Crippen LogP contribution in [0.1, 0.15) is 26.3 Å². The summed E-state index contributed by atoms with van der Waals surface area (Å²) < 4.78 is 0. The van der Waals surface area contributed by atoms with E-state index >= 15 is 0 Å². The lowest BCUT2D eigenvalue weighted by Gasteiger charge is -2.07. The number of aromatic nitrogens is 1. The molecule has 0 atom stereocenters. The summed E-state index contributed by atoms with van der Waals surface area (Å²) in [5, 5.41) is 2.86. The van der Waals surface area contributed by atoms with E-state index in [-0.39, 0.29) is 5.91 Å². The second-order valence-electron chi connectivity index (χ2n) is 5.56. The van der Waals surface area contributed by atoms with E-state index in [0.29, 0.717) is 17.7 Å². The van der Waals surface area contributed by atoms with Crippen molar-refractivity contribution in [2.45, 2.75) is 6.54 Å². The third-order valence-electron chi connectivity index (χ3n) is 3.83. The number of amides is 2. The highest BCUT2D eigenvalue weighted by Crippen LogP contribution is 2.18. The smallest absolute Gasteiger partial charge is 0.251 e. The minimum Gasteiger partial charge on any atom is -0.366 e. The van der Waals surface area contributed by atoms with E-state index in [9.17, 15) is 9.59 Å². The molecule has 0 aliphatic heterocycles. The minimum absolute atomic E-state index is 0.202. The average Bonchev–Trinajstić information content (AvgIpc) is 2.67. The van der Waals surface area contributed by atoms with Gasteiger partial charge in [-0.1, -0.05) is 30.3 Å². The van der Waals surface area contributed by atoms with Gasteiger partial charge in [0.15, 0.2) is 0 Å². The normalized spacial score (nSPS) is 10.2. The Kier molecular flexibility index (Phi) is 4.85. The Morgan fingerprint density at radius 1 is 0.880 bits per heavy atom. The molecule has 0 saturated heterocycles. The molecular formula is C20H17N3O2. The quantitative estimate of drug-likeness (QED) is 0.754. The second-order valence-corrected chi connectivity index (χ2v) is 5.56. The lowest BCUT2D eigenvalue weighted by Crippen LogP contribution is -2.23. The highest BCUT2D eigenvalue weighted by atomic mass is 16.2. The number of rotatable bonds is 5. The van der Waals surface area contributed by atoms with Gasteiger partial charge < -0.3 is 11.1 Å². The number of hydrogen-bond acceptors (Lipinski definition) is 3. The molecule has 2 aromatic carbocycles. The summed E-state index contributed by atoms with van der Waals surface area (Å²) in [5.41, 5.74) is 9.16. The number of nitrogens with zero attached hydrogens (tertiary/aromatic N) is 1. The molecule has 0 saturated carbocycles. The number of hydrogen-bond donors (Lipinski definition) is 2. The van der Waals surface area contributed by atoms with Gasteiger partial charge in [0.05, 0.1) is 0 Å². The number of primary amides is 1. The van der Waals surface area contributed by atoms with Crippen LogP contribution in [-0.2, 0) is 6.54 Å². The third-order valence-corrected chi connectivity index (χ3v) is 3.83. The molecule has 0 radical (unpaired) electrons. The van der Waals surface area contributed by atoms with Crippen LogP contribution in [0.25, 0.3) is 11.1 Å². The van der Waals surface area contributed by atoms with E-state index in [4.69, 9.17) is 5.73 Å². The Hall–Kier alpha value is -3.47. The van der Waals surface area contributed by atoms with Gasteiger partial charge in [-0.15, -0.1) is 0 Å². The van der Waals surface area contributed by atoms with Crippen molar-refractivity contribution in [1.29, 1.82) is 0 Å². The number of nitrogens with two attached hydrogens (primary N) is 1. The van der Waals surface area contributed by atoms with E-state index in [1.165, 1.54) is 0 Å². The monoisotopic (exact) mass is 331 g/mol. The maximum Gasteiger partial charge on any atom is 0.251 e. The zero-order valence-electron chi connectivity index (χ0n) is 13.5. The van der Waals surface area contributed by atoms with Gasteiger partial charge in [-0.05, 0) is 47.0 Å². The number of benzene rings is 2. The number of carbonyl (C=O) groups excluding carboxylic acids is 2. The molecule has 0 spiro atoms. The van der Waals surface area contributed by atoms with Crippen LogP contribution in [0.15, 0.2) is 73.1 Å². The van der Waals surface area contributed by atoms with E-state index in [1.807, 2.05) is 42.6 Å². The largest absolute Gasteiger partial charge is 0.366 e. The van der Waals surface area contributed by atoms with Crippen LogP contribution in [0.4, 0.5) is 0 Å². The van der Waals surface area contributed by atoms with Crippen LogP contribution in [0.2, 0.25) is 0 Å². The molecule has 2 amide bonds. The van der Waals surface area contributed by atoms with Gasteiger partial charge in [0.1, 0.15) is 0 Å². The van der Waals surface area contributed by atoms with Crippen molar-refractivity contribution < 1.29 is 9.59 Å². The molecule has 3 rings (SSSR count). The summed E-state index contributed by atoms with van der Waals surface area (Å²) in [6.45, 7) is 0.420. The topological polar surface area (TPSA) is 85.1 Å². The van der Waals surface area contributed by atoms with E-state index in [2.05, 4.69) is 10.3 Å². The van der Waals surface area contributed by atoms with Crippen molar-refractivity contribution in [3.63, 3.8) is 0 Å². The number of carbonyl (C=O) groups is 2. The van der Waals surface area contributed by atoms with Crippen LogP contribution < -0.4 is 11.1 Å². The first-order chi connectivity index (χ1) is 12.1. The fraction of sp³-hybridized carbons (Fsp3) is 0.0500. The highest BCUT2D eigenvalue weighted by molar-refractivity contribution is 5.97. The van der Waals surface area contributed by atoms with Crippen LogP contribution in [0.3, 0.4) is 0 Å². The van der Waals surface area contributed by atoms with Gasteiger partial charge in [0, 0.05) is 30.1 Å². The molecule has 0 bridgehead atoms. The lowest BCUT2D eigenvalue weighted by molar-refractivity contribution is 0.0948. The van der Waals surface area contributed by atoms with Gasteiger partial charge >= 0.3 is 0 Å². The Bertz CT molecular complexity index is 873. The number of nitrogens with one attached hydrogen (secondary N) is 1. The summed E-state index contributed by atoms with van der Waals surface area (Å²) in [6.07, 6.45) is 3.55. The number of pyridine rings is 1. The van der Waals surface area contributed by atoms with Crippen LogP contribution >= 0.6 is 0 Å². The average molecular weight is 331 g/mol.